The van der Waals surface area contributed by atoms with Crippen LogP contribution in [0.2, 0.25) is 0 Å². The van der Waals surface area contributed by atoms with Gasteiger partial charge in [-0.2, -0.15) is 15.0 Å². The van der Waals surface area contributed by atoms with E-state index in [1.165, 1.54) is 6.20 Å². The molecule has 1 fully saturated rings. The van der Waals surface area contributed by atoms with Crippen LogP contribution in [0.1, 0.15) is 56.7 Å². The highest BCUT2D eigenvalue weighted by atomic mass is 16.6. The smallest absolute Gasteiger partial charge is 0.404 e. The van der Waals surface area contributed by atoms with Crippen LogP contribution in [0.3, 0.4) is 0 Å². The maximum atomic E-state index is 11.0. The number of carbonyl (C=O) groups excluding carboxylic acids is 1. The Morgan fingerprint density at radius 2 is 2.00 bits per heavy atom. The van der Waals surface area contributed by atoms with Gasteiger partial charge in [-0.3, -0.25) is 0 Å². The topological polar surface area (TPSA) is 162 Å². The lowest BCUT2D eigenvalue weighted by Gasteiger charge is -2.26. The third-order valence-electron chi connectivity index (χ3n) is 6.20. The number of pyridine rings is 2. The predicted molar refractivity (Wildman–Crippen MR) is 131 cm³/mol. The first-order chi connectivity index (χ1) is 17.4. The summed E-state index contributed by atoms with van der Waals surface area (Å²) in [5, 5.41) is 26.6. The summed E-state index contributed by atoms with van der Waals surface area (Å²) >= 11 is 0. The largest absolute Gasteiger partial charge is 0.446 e. The maximum absolute atomic E-state index is 11.0. The summed E-state index contributed by atoms with van der Waals surface area (Å²) in [7, 11) is 0. The number of hydrogen-bond acceptors (Lipinski definition) is 9. The molecule has 0 aromatic carbocycles. The molecule has 3 N–H and O–H groups in total. The van der Waals surface area contributed by atoms with Crippen LogP contribution in [0.4, 0.5) is 10.5 Å². The van der Waals surface area contributed by atoms with Crippen LogP contribution in [0.15, 0.2) is 36.9 Å². The molecule has 12 heteroatoms. The zero-order valence-corrected chi connectivity index (χ0v) is 20.0. The van der Waals surface area contributed by atoms with Crippen molar-refractivity contribution in [2.24, 2.45) is 5.73 Å². The minimum absolute atomic E-state index is 0.133. The van der Waals surface area contributed by atoms with Gasteiger partial charge in [-0.25, -0.2) is 19.4 Å². The summed E-state index contributed by atoms with van der Waals surface area (Å²) in [6.07, 6.45) is 9.17. The lowest BCUT2D eigenvalue weighted by Crippen LogP contribution is -2.26. The van der Waals surface area contributed by atoms with E-state index in [4.69, 9.17) is 15.7 Å². The molecular weight excluding hydrogens is 460 g/mol. The van der Waals surface area contributed by atoms with Gasteiger partial charge in [-0.1, -0.05) is 5.21 Å². The summed E-state index contributed by atoms with van der Waals surface area (Å²) in [4.78, 5) is 20.0. The molecule has 4 aromatic rings. The van der Waals surface area contributed by atoms with Gasteiger partial charge >= 0.3 is 6.09 Å². The van der Waals surface area contributed by atoms with Crippen molar-refractivity contribution in [1.82, 2.24) is 34.7 Å². The second kappa shape index (κ2) is 9.61. The van der Waals surface area contributed by atoms with E-state index in [-0.39, 0.29) is 18.1 Å². The number of hydrogen-bond donors (Lipinski definition) is 2. The monoisotopic (exact) mass is 486 g/mol. The number of nitrogens with one attached hydrogen (secondary N) is 1. The van der Waals surface area contributed by atoms with Crippen LogP contribution in [0, 0.1) is 11.3 Å². The second-order valence-corrected chi connectivity index (χ2v) is 9.16. The Balaban J connectivity index is 1.42. The predicted octanol–water partition coefficient (Wildman–Crippen LogP) is 3.21. The average Bonchev–Trinajstić information content (AvgIpc) is 3.51. The fourth-order valence-electron chi connectivity index (χ4n) is 4.53. The number of anilines is 1. The maximum Gasteiger partial charge on any atom is 0.404 e. The molecule has 1 aliphatic rings. The number of primary amides is 1. The van der Waals surface area contributed by atoms with Crippen LogP contribution in [-0.2, 0) is 4.74 Å². The molecule has 0 saturated heterocycles. The van der Waals surface area contributed by atoms with Gasteiger partial charge in [0, 0.05) is 29.6 Å². The second-order valence-electron chi connectivity index (χ2n) is 9.16. The first kappa shape index (κ1) is 23.2. The third-order valence-corrected chi connectivity index (χ3v) is 6.20. The molecule has 1 aliphatic carbocycles. The van der Waals surface area contributed by atoms with Crippen LogP contribution < -0.4 is 11.1 Å². The van der Waals surface area contributed by atoms with Crippen molar-refractivity contribution in [3.8, 4) is 17.6 Å². The molecule has 0 aliphatic heterocycles. The molecule has 0 radical (unpaired) electrons. The number of rotatable bonds is 6. The quantitative estimate of drug-likeness (QED) is 0.416. The fourth-order valence-corrected chi connectivity index (χ4v) is 4.53. The SMILES string of the molecule is CC(C)Nc1cc(-n2ncc3cc(C#N)cnc32)ncc1-n1cc([C@H]2CC[C@@H](OC(N)=O)CC2)nn1. The molecule has 36 heavy (non-hydrogen) atoms. The molecule has 1 saturated carbocycles. The first-order valence-corrected chi connectivity index (χ1v) is 11.8. The molecule has 184 valence electrons. The van der Waals surface area contributed by atoms with E-state index in [1.54, 1.807) is 27.8 Å². The van der Waals surface area contributed by atoms with E-state index < -0.39 is 6.09 Å². The highest BCUT2D eigenvalue weighted by molar-refractivity contribution is 5.77. The molecular formula is C24H26N10O2. The Hall–Kier alpha value is -4.53. The van der Waals surface area contributed by atoms with Gasteiger partial charge in [-0.15, -0.1) is 5.10 Å². The van der Waals surface area contributed by atoms with Gasteiger partial charge in [-0.05, 0) is 45.6 Å². The molecule has 5 rings (SSSR count). The molecule has 4 aromatic heterocycles. The number of nitriles is 1. The van der Waals surface area contributed by atoms with Crippen molar-refractivity contribution in [1.29, 1.82) is 5.26 Å². The summed E-state index contributed by atoms with van der Waals surface area (Å²) in [5.74, 6) is 0.822. The zero-order valence-electron chi connectivity index (χ0n) is 20.0. The van der Waals surface area contributed by atoms with Crippen molar-refractivity contribution in [2.75, 3.05) is 5.32 Å². The van der Waals surface area contributed by atoms with E-state index >= 15 is 0 Å². The number of ether oxygens (including phenoxy) is 1. The third kappa shape index (κ3) is 4.68. The lowest BCUT2D eigenvalue weighted by atomic mass is 9.85. The standard InChI is InChI=1S/C24H26N10O2/c1-14(2)30-19-8-22(34-23-17(11-29-34)7-15(9-25)10-28-23)27-12-21(19)33-13-20(31-32-33)16-3-5-18(6-4-16)36-24(26)35/h7-8,10-14,16,18H,3-6H2,1-2H3,(H2,26,35)(H,27,30)/t16-,18+. The van der Waals surface area contributed by atoms with Crippen LogP contribution in [0.25, 0.3) is 22.5 Å². The van der Waals surface area contributed by atoms with E-state index in [0.717, 1.165) is 48.1 Å². The molecule has 0 spiro atoms. The molecule has 12 nitrogen and oxygen atoms in total. The van der Waals surface area contributed by atoms with Crippen molar-refractivity contribution in [2.45, 2.75) is 57.6 Å². The zero-order chi connectivity index (χ0) is 25.2. The van der Waals surface area contributed by atoms with Gasteiger partial charge in [0.1, 0.15) is 17.9 Å². The minimum Gasteiger partial charge on any atom is -0.446 e. The lowest BCUT2D eigenvalue weighted by molar-refractivity contribution is 0.0784. The Morgan fingerprint density at radius 1 is 1.19 bits per heavy atom. The number of aromatic nitrogens is 7. The van der Waals surface area contributed by atoms with Crippen LogP contribution >= 0.6 is 0 Å². The van der Waals surface area contributed by atoms with Crippen molar-refractivity contribution < 1.29 is 9.53 Å². The number of carbonyl (C=O) groups is 1. The normalized spacial score (nSPS) is 17.7. The number of nitrogens with zero attached hydrogens (tertiary/aromatic N) is 8. The number of fused-ring (bicyclic) bond motifs is 1. The van der Waals surface area contributed by atoms with Gasteiger partial charge in [0.15, 0.2) is 11.5 Å². The highest BCUT2D eigenvalue weighted by Gasteiger charge is 2.26. The summed E-state index contributed by atoms with van der Waals surface area (Å²) < 4.78 is 8.51. The highest BCUT2D eigenvalue weighted by Crippen LogP contribution is 2.33. The van der Waals surface area contributed by atoms with Crippen LogP contribution in [-0.4, -0.2) is 53.0 Å². The van der Waals surface area contributed by atoms with Crippen molar-refractivity contribution >= 4 is 22.8 Å². The average molecular weight is 487 g/mol. The molecule has 0 bridgehead atoms. The first-order valence-electron chi connectivity index (χ1n) is 11.8. The fraction of sp³-hybridized carbons (Fsp3) is 0.375. The van der Waals surface area contributed by atoms with Gasteiger partial charge in [0.2, 0.25) is 0 Å². The summed E-state index contributed by atoms with van der Waals surface area (Å²) in [5.41, 5.74) is 8.71. The van der Waals surface area contributed by atoms with Gasteiger partial charge in [0.05, 0.1) is 35.5 Å². The summed E-state index contributed by atoms with van der Waals surface area (Å²) in [6.45, 7) is 4.11. The Labute approximate surface area is 207 Å². The Kier molecular flexibility index (Phi) is 6.20. The van der Waals surface area contributed by atoms with E-state index in [0.29, 0.717) is 17.0 Å². The number of nitrogens with two attached hydrogens (primary N) is 1. The molecule has 1 amide bonds. The van der Waals surface area contributed by atoms with E-state index in [2.05, 4.69) is 50.6 Å². The molecule has 0 unspecified atom stereocenters. The van der Waals surface area contributed by atoms with Crippen molar-refractivity contribution in [3.63, 3.8) is 0 Å². The van der Waals surface area contributed by atoms with Gasteiger partial charge in [0.25, 0.3) is 0 Å². The van der Waals surface area contributed by atoms with E-state index in [9.17, 15) is 4.79 Å². The van der Waals surface area contributed by atoms with Crippen LogP contribution in [0.5, 0.6) is 0 Å². The molecule has 4 heterocycles. The van der Waals surface area contributed by atoms with Crippen molar-refractivity contribution in [3.05, 3.63) is 48.2 Å². The van der Waals surface area contributed by atoms with E-state index in [1.807, 2.05) is 12.3 Å². The van der Waals surface area contributed by atoms with Gasteiger partial charge < -0.3 is 15.8 Å². The molecule has 0 atom stereocenters. The number of amides is 1. The summed E-state index contributed by atoms with van der Waals surface area (Å²) in [6, 6.07) is 5.90. The minimum atomic E-state index is -0.726. The Bertz CT molecular complexity index is 1440. The Morgan fingerprint density at radius 3 is 2.72 bits per heavy atom.